The van der Waals surface area contributed by atoms with E-state index >= 15 is 0 Å². The SMILES string of the molecule is CC(=O)Nc1ccc(-c2csc(CNS(=O)(=O)c3ccccc3)n2)cc1. The van der Waals surface area contributed by atoms with E-state index in [0.717, 1.165) is 11.3 Å². The van der Waals surface area contributed by atoms with Crippen molar-refractivity contribution in [2.75, 3.05) is 5.32 Å². The van der Waals surface area contributed by atoms with Gasteiger partial charge in [-0.25, -0.2) is 18.1 Å². The summed E-state index contributed by atoms with van der Waals surface area (Å²) in [6.07, 6.45) is 0. The van der Waals surface area contributed by atoms with Gasteiger partial charge in [-0.2, -0.15) is 0 Å². The highest BCUT2D eigenvalue weighted by Crippen LogP contribution is 2.23. The molecule has 0 bridgehead atoms. The fraction of sp³-hybridized carbons (Fsp3) is 0.111. The van der Waals surface area contributed by atoms with Gasteiger partial charge in [0.2, 0.25) is 15.9 Å². The second-order valence-electron chi connectivity index (χ2n) is 5.52. The van der Waals surface area contributed by atoms with Crippen LogP contribution in [0.25, 0.3) is 11.3 Å². The fourth-order valence-corrected chi connectivity index (χ4v) is 4.14. The lowest BCUT2D eigenvalue weighted by Crippen LogP contribution is -2.23. The number of anilines is 1. The van der Waals surface area contributed by atoms with E-state index in [1.807, 2.05) is 17.5 Å². The van der Waals surface area contributed by atoms with Gasteiger partial charge in [-0.3, -0.25) is 4.79 Å². The van der Waals surface area contributed by atoms with Gasteiger partial charge in [-0.15, -0.1) is 11.3 Å². The summed E-state index contributed by atoms with van der Waals surface area (Å²) < 4.78 is 27.0. The van der Waals surface area contributed by atoms with Gasteiger partial charge in [0.1, 0.15) is 5.01 Å². The number of nitrogens with zero attached hydrogens (tertiary/aromatic N) is 1. The monoisotopic (exact) mass is 387 g/mol. The molecular weight excluding hydrogens is 370 g/mol. The van der Waals surface area contributed by atoms with Gasteiger partial charge in [0.15, 0.2) is 0 Å². The van der Waals surface area contributed by atoms with Crippen LogP contribution < -0.4 is 10.0 Å². The maximum absolute atomic E-state index is 12.2. The highest BCUT2D eigenvalue weighted by Gasteiger charge is 2.14. The molecule has 2 N–H and O–H groups in total. The summed E-state index contributed by atoms with van der Waals surface area (Å²) in [6.45, 7) is 1.59. The molecule has 0 aliphatic carbocycles. The lowest BCUT2D eigenvalue weighted by Gasteiger charge is -2.04. The van der Waals surface area contributed by atoms with Crippen molar-refractivity contribution in [1.82, 2.24) is 9.71 Å². The van der Waals surface area contributed by atoms with Crippen molar-refractivity contribution >= 4 is 33.0 Å². The number of aromatic nitrogens is 1. The maximum atomic E-state index is 12.2. The molecule has 0 radical (unpaired) electrons. The zero-order valence-corrected chi connectivity index (χ0v) is 15.6. The molecule has 0 aliphatic rings. The number of nitrogens with one attached hydrogen (secondary N) is 2. The number of carbonyl (C=O) groups excluding carboxylic acids is 1. The minimum absolute atomic E-state index is 0.126. The van der Waals surface area contributed by atoms with Gasteiger partial charge in [0.05, 0.1) is 17.1 Å². The standard InChI is InChI=1S/C18H17N3O3S2/c1-13(22)20-15-9-7-14(8-10-15)17-12-25-18(21-17)11-19-26(23,24)16-5-3-2-4-6-16/h2-10,12,19H,11H2,1H3,(H,20,22). The Bertz CT molecular complexity index is 998. The van der Waals surface area contributed by atoms with Gasteiger partial charge in [0.25, 0.3) is 0 Å². The molecule has 26 heavy (non-hydrogen) atoms. The van der Waals surface area contributed by atoms with E-state index in [4.69, 9.17) is 0 Å². The second kappa shape index (κ2) is 7.77. The Kier molecular flexibility index (Phi) is 5.46. The zero-order valence-electron chi connectivity index (χ0n) is 14.0. The summed E-state index contributed by atoms with van der Waals surface area (Å²) in [5, 5.41) is 5.25. The van der Waals surface area contributed by atoms with Crippen LogP contribution in [0.15, 0.2) is 64.9 Å². The molecule has 1 heterocycles. The average molecular weight is 387 g/mol. The Morgan fingerprint density at radius 3 is 2.42 bits per heavy atom. The van der Waals surface area contributed by atoms with E-state index in [1.165, 1.54) is 18.3 Å². The lowest BCUT2D eigenvalue weighted by atomic mass is 10.1. The van der Waals surface area contributed by atoms with Crippen molar-refractivity contribution in [1.29, 1.82) is 0 Å². The van der Waals surface area contributed by atoms with E-state index < -0.39 is 10.0 Å². The molecule has 8 heteroatoms. The van der Waals surface area contributed by atoms with Gasteiger partial charge in [0, 0.05) is 23.6 Å². The predicted molar refractivity (Wildman–Crippen MR) is 102 cm³/mol. The Morgan fingerprint density at radius 1 is 1.08 bits per heavy atom. The van der Waals surface area contributed by atoms with Crippen molar-refractivity contribution in [3.8, 4) is 11.3 Å². The van der Waals surface area contributed by atoms with Gasteiger partial charge < -0.3 is 5.32 Å². The van der Waals surface area contributed by atoms with E-state index in [-0.39, 0.29) is 17.3 Å². The smallest absolute Gasteiger partial charge is 0.240 e. The minimum Gasteiger partial charge on any atom is -0.326 e. The van der Waals surface area contributed by atoms with Crippen LogP contribution in [0.2, 0.25) is 0 Å². The Balaban J connectivity index is 1.67. The normalized spacial score (nSPS) is 11.3. The summed E-state index contributed by atoms with van der Waals surface area (Å²) in [6, 6.07) is 15.5. The largest absolute Gasteiger partial charge is 0.326 e. The maximum Gasteiger partial charge on any atom is 0.240 e. The summed E-state index contributed by atoms with van der Waals surface area (Å²) in [5.74, 6) is -0.126. The molecular formula is C18H17N3O3S2. The first-order chi connectivity index (χ1) is 12.4. The average Bonchev–Trinajstić information content (AvgIpc) is 3.10. The molecule has 0 atom stereocenters. The van der Waals surface area contributed by atoms with Crippen molar-refractivity contribution < 1.29 is 13.2 Å². The molecule has 1 amide bonds. The van der Waals surface area contributed by atoms with E-state index in [2.05, 4.69) is 15.0 Å². The molecule has 0 spiro atoms. The van der Waals surface area contributed by atoms with E-state index in [1.54, 1.807) is 42.5 Å². The summed E-state index contributed by atoms with van der Waals surface area (Å²) in [5.41, 5.74) is 2.37. The van der Waals surface area contributed by atoms with Crippen LogP contribution in [0.5, 0.6) is 0 Å². The van der Waals surface area contributed by atoms with Crippen LogP contribution in [0.1, 0.15) is 11.9 Å². The molecule has 2 aromatic carbocycles. The van der Waals surface area contributed by atoms with Crippen LogP contribution in [0.3, 0.4) is 0 Å². The first-order valence-electron chi connectivity index (χ1n) is 7.81. The molecule has 0 saturated carbocycles. The summed E-state index contributed by atoms with van der Waals surface area (Å²) in [4.78, 5) is 15.7. The van der Waals surface area contributed by atoms with Gasteiger partial charge in [-0.1, -0.05) is 30.3 Å². The number of thiazole rings is 1. The van der Waals surface area contributed by atoms with Crippen molar-refractivity contribution in [3.05, 3.63) is 65.0 Å². The number of carbonyl (C=O) groups is 1. The quantitative estimate of drug-likeness (QED) is 0.680. The Morgan fingerprint density at radius 2 is 1.77 bits per heavy atom. The Hall–Kier alpha value is -2.55. The van der Waals surface area contributed by atoms with Crippen molar-refractivity contribution in [3.63, 3.8) is 0 Å². The molecule has 1 aromatic heterocycles. The minimum atomic E-state index is -3.55. The van der Waals surface area contributed by atoms with Crippen molar-refractivity contribution in [2.24, 2.45) is 0 Å². The number of sulfonamides is 1. The van der Waals surface area contributed by atoms with Crippen LogP contribution in [-0.4, -0.2) is 19.3 Å². The van der Waals surface area contributed by atoms with Crippen LogP contribution in [0.4, 0.5) is 5.69 Å². The molecule has 134 valence electrons. The number of rotatable bonds is 6. The van der Waals surface area contributed by atoms with Crippen molar-refractivity contribution in [2.45, 2.75) is 18.4 Å². The highest BCUT2D eigenvalue weighted by molar-refractivity contribution is 7.89. The number of benzene rings is 2. The third-order valence-electron chi connectivity index (χ3n) is 3.52. The third-order valence-corrected chi connectivity index (χ3v) is 5.79. The van der Waals surface area contributed by atoms with Gasteiger partial charge in [-0.05, 0) is 24.3 Å². The van der Waals surface area contributed by atoms with Gasteiger partial charge >= 0.3 is 0 Å². The third kappa shape index (κ3) is 4.54. The van der Waals surface area contributed by atoms with Crippen LogP contribution in [0, 0.1) is 0 Å². The number of hydrogen-bond donors (Lipinski definition) is 2. The van der Waals surface area contributed by atoms with Crippen LogP contribution in [-0.2, 0) is 21.4 Å². The zero-order chi connectivity index (χ0) is 18.6. The molecule has 3 rings (SSSR count). The summed E-state index contributed by atoms with van der Waals surface area (Å²) >= 11 is 1.39. The highest BCUT2D eigenvalue weighted by atomic mass is 32.2. The predicted octanol–water partition coefficient (Wildman–Crippen LogP) is 3.25. The Labute approximate surface area is 156 Å². The molecule has 0 saturated heterocycles. The second-order valence-corrected chi connectivity index (χ2v) is 8.23. The topological polar surface area (TPSA) is 88.2 Å². The van der Waals surface area contributed by atoms with E-state index in [9.17, 15) is 13.2 Å². The lowest BCUT2D eigenvalue weighted by molar-refractivity contribution is -0.114. The number of amides is 1. The first-order valence-corrected chi connectivity index (χ1v) is 10.2. The van der Waals surface area contributed by atoms with Crippen LogP contribution >= 0.6 is 11.3 Å². The summed E-state index contributed by atoms with van der Waals surface area (Å²) in [7, 11) is -3.55. The first kappa shape index (κ1) is 18.2. The number of hydrogen-bond acceptors (Lipinski definition) is 5. The molecule has 6 nitrogen and oxygen atoms in total. The molecule has 3 aromatic rings. The molecule has 0 aliphatic heterocycles. The fourth-order valence-electron chi connectivity index (χ4n) is 2.29. The molecule has 0 unspecified atom stereocenters. The molecule has 0 fully saturated rings. The van der Waals surface area contributed by atoms with E-state index in [0.29, 0.717) is 10.7 Å².